The van der Waals surface area contributed by atoms with Crippen LogP contribution in [0.4, 0.5) is 4.39 Å². The number of fused-ring (bicyclic) bond motifs is 2. The maximum absolute atomic E-state index is 14.7. The second-order valence-corrected chi connectivity index (χ2v) is 7.96. The van der Waals surface area contributed by atoms with Crippen LogP contribution in [0, 0.1) is 5.82 Å². The van der Waals surface area contributed by atoms with E-state index in [2.05, 4.69) is 10.3 Å². The molecule has 2 atom stereocenters. The molecule has 2 N–H and O–H groups in total. The van der Waals surface area contributed by atoms with Crippen LogP contribution < -0.4 is 5.32 Å². The van der Waals surface area contributed by atoms with Gasteiger partial charge in [-0.2, -0.15) is 0 Å². The van der Waals surface area contributed by atoms with E-state index in [9.17, 15) is 14.3 Å². The van der Waals surface area contributed by atoms with Crippen molar-refractivity contribution in [1.82, 2.24) is 19.3 Å². The van der Waals surface area contributed by atoms with E-state index in [1.807, 2.05) is 39.6 Å². The highest BCUT2D eigenvalue weighted by Gasteiger charge is 2.27. The van der Waals surface area contributed by atoms with E-state index in [4.69, 9.17) is 0 Å². The van der Waals surface area contributed by atoms with E-state index in [0.29, 0.717) is 29.4 Å². The van der Waals surface area contributed by atoms with Gasteiger partial charge in [0.25, 0.3) is 5.91 Å². The number of hydrogen-bond donors (Lipinski definition) is 2. The van der Waals surface area contributed by atoms with Crippen molar-refractivity contribution in [2.24, 2.45) is 0 Å². The molecular weight excluding hydrogens is 383 g/mol. The lowest BCUT2D eigenvalue weighted by Gasteiger charge is -2.28. The fourth-order valence-electron chi connectivity index (χ4n) is 4.38. The normalized spacial score (nSPS) is 19.4. The Hall–Kier alpha value is -3.19. The number of aromatic nitrogens is 3. The molecule has 3 aromatic heterocycles. The maximum atomic E-state index is 14.7. The lowest BCUT2D eigenvalue weighted by Crippen LogP contribution is -2.45. The van der Waals surface area contributed by atoms with Crippen LogP contribution in [-0.4, -0.2) is 37.1 Å². The van der Waals surface area contributed by atoms with Crippen molar-refractivity contribution in [3.63, 3.8) is 0 Å². The van der Waals surface area contributed by atoms with Crippen LogP contribution >= 0.6 is 0 Å². The second kappa shape index (κ2) is 7.57. The lowest BCUT2D eigenvalue weighted by atomic mass is 9.92. The first-order valence-corrected chi connectivity index (χ1v) is 10.3. The van der Waals surface area contributed by atoms with Crippen molar-refractivity contribution in [2.45, 2.75) is 44.4 Å². The molecule has 1 aliphatic carbocycles. The van der Waals surface area contributed by atoms with Crippen molar-refractivity contribution in [2.75, 3.05) is 0 Å². The molecule has 0 spiro atoms. The molecule has 6 nitrogen and oxygen atoms in total. The molecule has 0 aliphatic heterocycles. The summed E-state index contributed by atoms with van der Waals surface area (Å²) < 4.78 is 18.5. The number of imidazole rings is 1. The van der Waals surface area contributed by atoms with Crippen LogP contribution in [0.3, 0.4) is 0 Å². The van der Waals surface area contributed by atoms with Crippen molar-refractivity contribution < 1.29 is 14.3 Å². The number of benzene rings is 1. The Bertz CT molecular complexity index is 1230. The van der Waals surface area contributed by atoms with Crippen molar-refractivity contribution >= 4 is 22.5 Å². The Morgan fingerprint density at radius 3 is 2.97 bits per heavy atom. The number of pyridine rings is 1. The minimum Gasteiger partial charge on any atom is -0.391 e. The SMILES string of the molecule is O=C(N[C@H]1CCCC[C@@H]1O)c1cn(Cc2ccn3ccnc3c2)c2cccc(F)c12. The molecule has 30 heavy (non-hydrogen) atoms. The number of aliphatic hydroxyl groups excluding tert-OH is 1. The molecule has 3 heterocycles. The van der Waals surface area contributed by atoms with E-state index in [0.717, 1.165) is 30.5 Å². The molecule has 1 aliphatic rings. The first-order chi connectivity index (χ1) is 14.6. The molecule has 1 amide bonds. The topological polar surface area (TPSA) is 71.6 Å². The average Bonchev–Trinajstić information content (AvgIpc) is 3.35. The highest BCUT2D eigenvalue weighted by atomic mass is 19.1. The van der Waals surface area contributed by atoms with Gasteiger partial charge in [0.05, 0.1) is 23.2 Å². The minimum atomic E-state index is -0.554. The summed E-state index contributed by atoms with van der Waals surface area (Å²) in [6.45, 7) is 0.489. The van der Waals surface area contributed by atoms with Gasteiger partial charge in [-0.3, -0.25) is 4.79 Å². The summed E-state index contributed by atoms with van der Waals surface area (Å²) in [6.07, 6.45) is 10.0. The van der Waals surface area contributed by atoms with E-state index in [-0.39, 0.29) is 11.9 Å². The van der Waals surface area contributed by atoms with Crippen molar-refractivity contribution in [1.29, 1.82) is 0 Å². The molecule has 0 bridgehead atoms. The van der Waals surface area contributed by atoms with Gasteiger partial charge >= 0.3 is 0 Å². The number of halogens is 1. The summed E-state index contributed by atoms with van der Waals surface area (Å²) in [5.74, 6) is -0.775. The second-order valence-electron chi connectivity index (χ2n) is 7.96. The minimum absolute atomic E-state index is 0.292. The Balaban J connectivity index is 1.50. The van der Waals surface area contributed by atoms with Gasteiger partial charge in [-0.05, 0) is 42.7 Å². The van der Waals surface area contributed by atoms with Gasteiger partial charge < -0.3 is 19.4 Å². The number of aliphatic hydroxyl groups is 1. The smallest absolute Gasteiger partial charge is 0.253 e. The van der Waals surface area contributed by atoms with E-state index in [1.54, 1.807) is 18.5 Å². The fraction of sp³-hybridized carbons (Fsp3) is 0.304. The Morgan fingerprint density at radius 1 is 1.23 bits per heavy atom. The first kappa shape index (κ1) is 18.8. The average molecular weight is 406 g/mol. The third-order valence-electron chi connectivity index (χ3n) is 5.96. The van der Waals surface area contributed by atoms with Crippen LogP contribution in [0.1, 0.15) is 41.6 Å². The predicted molar refractivity (Wildman–Crippen MR) is 112 cm³/mol. The molecule has 1 aromatic carbocycles. The molecule has 5 rings (SSSR count). The van der Waals surface area contributed by atoms with Crippen LogP contribution in [0.15, 0.2) is 55.1 Å². The first-order valence-electron chi connectivity index (χ1n) is 10.3. The molecule has 4 aromatic rings. The van der Waals surface area contributed by atoms with E-state index in [1.165, 1.54) is 6.07 Å². The highest BCUT2D eigenvalue weighted by Crippen LogP contribution is 2.26. The molecule has 7 heteroatoms. The van der Waals surface area contributed by atoms with Gasteiger partial charge in [-0.15, -0.1) is 0 Å². The number of amides is 1. The number of carbonyl (C=O) groups is 1. The summed E-state index contributed by atoms with van der Waals surface area (Å²) >= 11 is 0. The van der Waals surface area contributed by atoms with Gasteiger partial charge in [-0.25, -0.2) is 9.37 Å². The molecule has 0 unspecified atom stereocenters. The van der Waals surface area contributed by atoms with E-state index < -0.39 is 11.9 Å². The van der Waals surface area contributed by atoms with Crippen LogP contribution in [-0.2, 0) is 6.54 Å². The van der Waals surface area contributed by atoms with E-state index >= 15 is 0 Å². The number of rotatable bonds is 4. The van der Waals surface area contributed by atoms with Gasteiger partial charge in [0.2, 0.25) is 0 Å². The zero-order valence-electron chi connectivity index (χ0n) is 16.5. The number of carbonyl (C=O) groups excluding carboxylic acids is 1. The summed E-state index contributed by atoms with van der Waals surface area (Å²) in [5.41, 5.74) is 2.79. The monoisotopic (exact) mass is 406 g/mol. The summed E-state index contributed by atoms with van der Waals surface area (Å²) in [6, 6.07) is 8.51. The van der Waals surface area contributed by atoms with Gasteiger partial charge in [0, 0.05) is 36.7 Å². The van der Waals surface area contributed by atoms with Crippen LogP contribution in [0.5, 0.6) is 0 Å². The third-order valence-corrected chi connectivity index (χ3v) is 5.96. The Labute approximate surface area is 173 Å². The molecular formula is C23H23FN4O2. The Kier molecular flexibility index (Phi) is 4.75. The molecule has 154 valence electrons. The summed E-state index contributed by atoms with van der Waals surface area (Å²) in [4.78, 5) is 17.3. The zero-order valence-corrected chi connectivity index (χ0v) is 16.5. The summed E-state index contributed by atoms with van der Waals surface area (Å²) in [7, 11) is 0. The molecule has 1 saturated carbocycles. The van der Waals surface area contributed by atoms with Crippen molar-refractivity contribution in [3.8, 4) is 0 Å². The quantitative estimate of drug-likeness (QED) is 0.545. The van der Waals surface area contributed by atoms with Gasteiger partial charge in [0.1, 0.15) is 11.5 Å². The third kappa shape index (κ3) is 3.35. The Morgan fingerprint density at radius 2 is 2.10 bits per heavy atom. The zero-order chi connectivity index (χ0) is 20.7. The van der Waals surface area contributed by atoms with Crippen LogP contribution in [0.2, 0.25) is 0 Å². The van der Waals surface area contributed by atoms with Crippen molar-refractivity contribution in [3.05, 3.63) is 72.1 Å². The number of hydrogen-bond acceptors (Lipinski definition) is 3. The van der Waals surface area contributed by atoms with Gasteiger partial charge in [0.15, 0.2) is 0 Å². The standard InChI is InChI=1S/C23H23FN4O2/c24-17-4-3-6-19-22(17)16(23(30)26-18-5-1-2-7-20(18)29)14-28(19)13-15-8-10-27-11-9-25-21(27)12-15/h3-4,6,8-12,14,18,20,29H,1-2,5,7,13H2,(H,26,30)/t18-,20-/m0/s1. The largest absolute Gasteiger partial charge is 0.391 e. The highest BCUT2D eigenvalue weighted by molar-refractivity contribution is 6.07. The maximum Gasteiger partial charge on any atom is 0.253 e. The molecule has 0 radical (unpaired) electrons. The molecule has 1 fully saturated rings. The fourth-order valence-corrected chi connectivity index (χ4v) is 4.38. The number of nitrogens with one attached hydrogen (secondary N) is 1. The van der Waals surface area contributed by atoms with Crippen LogP contribution in [0.25, 0.3) is 16.6 Å². The summed E-state index contributed by atoms with van der Waals surface area (Å²) in [5, 5.41) is 13.4. The number of nitrogens with zero attached hydrogens (tertiary/aromatic N) is 3. The molecule has 0 saturated heterocycles. The van der Waals surface area contributed by atoms with Gasteiger partial charge in [-0.1, -0.05) is 18.9 Å². The predicted octanol–water partition coefficient (Wildman–Crippen LogP) is 3.51. The lowest BCUT2D eigenvalue weighted by molar-refractivity contribution is 0.0718.